The van der Waals surface area contributed by atoms with Crippen molar-refractivity contribution >= 4 is 34.8 Å². The number of nitrogens with one attached hydrogen (secondary N) is 2. The average Bonchev–Trinajstić information content (AvgIpc) is 2.63. The molecule has 27 heavy (non-hydrogen) atoms. The van der Waals surface area contributed by atoms with Crippen molar-refractivity contribution in [3.63, 3.8) is 0 Å². The number of hydrogen-bond donors (Lipinski definition) is 3. The maximum atomic E-state index is 12.4. The standard InChI is InChI=1S/C20H23Cl2N3O2/c1-14(18-7-2-15(21)12-19(18)22)23-20(27)13-24-8-10-25(11-9-24)16-3-5-17(26)6-4-16/h2-7,12,14,26H,8-11,13H2,1H3,(H,23,27)/p+1/t14-/m0/s1. The van der Waals surface area contributed by atoms with E-state index in [1.165, 1.54) is 4.90 Å². The van der Waals surface area contributed by atoms with Crippen LogP contribution >= 0.6 is 23.2 Å². The van der Waals surface area contributed by atoms with Gasteiger partial charge in [-0.05, 0) is 48.9 Å². The number of rotatable bonds is 5. The van der Waals surface area contributed by atoms with E-state index in [0.29, 0.717) is 16.6 Å². The Morgan fingerprint density at radius 3 is 2.48 bits per heavy atom. The summed E-state index contributed by atoms with van der Waals surface area (Å²) in [6.07, 6.45) is 0. The van der Waals surface area contributed by atoms with Crippen molar-refractivity contribution in [1.82, 2.24) is 5.32 Å². The number of anilines is 1. The van der Waals surface area contributed by atoms with Crippen molar-refractivity contribution in [3.05, 3.63) is 58.1 Å². The van der Waals surface area contributed by atoms with E-state index in [4.69, 9.17) is 23.2 Å². The minimum absolute atomic E-state index is 0.0154. The quantitative estimate of drug-likeness (QED) is 0.711. The van der Waals surface area contributed by atoms with Crippen molar-refractivity contribution in [2.75, 3.05) is 37.6 Å². The molecule has 0 aliphatic carbocycles. The van der Waals surface area contributed by atoms with Crippen molar-refractivity contribution in [2.45, 2.75) is 13.0 Å². The lowest BCUT2D eigenvalue weighted by atomic mass is 10.1. The Hall–Kier alpha value is -1.95. The van der Waals surface area contributed by atoms with Gasteiger partial charge in [0.25, 0.3) is 5.91 Å². The maximum absolute atomic E-state index is 12.4. The number of benzene rings is 2. The van der Waals surface area contributed by atoms with Crippen LogP contribution in [-0.2, 0) is 4.79 Å². The topological polar surface area (TPSA) is 57.0 Å². The number of carbonyl (C=O) groups is 1. The number of aromatic hydroxyl groups is 1. The number of halogens is 2. The Labute approximate surface area is 169 Å². The minimum Gasteiger partial charge on any atom is -0.508 e. The molecule has 144 valence electrons. The molecule has 0 spiro atoms. The second kappa shape index (κ2) is 8.83. The normalized spacial score (nSPS) is 16.2. The van der Waals surface area contributed by atoms with E-state index in [-0.39, 0.29) is 17.7 Å². The van der Waals surface area contributed by atoms with Gasteiger partial charge in [-0.2, -0.15) is 0 Å². The molecule has 2 aromatic carbocycles. The molecule has 3 N–H and O–H groups in total. The van der Waals surface area contributed by atoms with Crippen LogP contribution in [0.3, 0.4) is 0 Å². The number of phenols is 1. The highest BCUT2D eigenvalue weighted by Gasteiger charge is 2.23. The zero-order valence-corrected chi connectivity index (χ0v) is 16.7. The highest BCUT2D eigenvalue weighted by molar-refractivity contribution is 6.35. The van der Waals surface area contributed by atoms with Crippen molar-refractivity contribution in [3.8, 4) is 5.75 Å². The van der Waals surface area contributed by atoms with E-state index >= 15 is 0 Å². The summed E-state index contributed by atoms with van der Waals surface area (Å²) in [5.41, 5.74) is 1.96. The van der Waals surface area contributed by atoms with Crippen LogP contribution < -0.4 is 15.1 Å². The number of hydrogen-bond acceptors (Lipinski definition) is 3. The summed E-state index contributed by atoms with van der Waals surface area (Å²) in [5.74, 6) is 0.288. The SMILES string of the molecule is C[C@H](NC(=O)C[NH+]1CCN(c2ccc(O)cc2)CC1)c1ccc(Cl)cc1Cl. The Balaban J connectivity index is 1.48. The van der Waals surface area contributed by atoms with Crippen molar-refractivity contribution in [1.29, 1.82) is 0 Å². The molecule has 7 heteroatoms. The second-order valence-electron chi connectivity index (χ2n) is 6.89. The summed E-state index contributed by atoms with van der Waals surface area (Å²) in [6, 6.07) is 12.4. The Kier molecular flexibility index (Phi) is 6.47. The second-order valence-corrected chi connectivity index (χ2v) is 7.73. The first kappa shape index (κ1) is 19.8. The molecule has 1 fully saturated rings. The molecule has 5 nitrogen and oxygen atoms in total. The number of nitrogens with zero attached hydrogens (tertiary/aromatic N) is 1. The van der Waals surface area contributed by atoms with Gasteiger partial charge in [0.15, 0.2) is 6.54 Å². The van der Waals surface area contributed by atoms with Gasteiger partial charge in [-0.3, -0.25) is 4.79 Å². The molecule has 0 aromatic heterocycles. The largest absolute Gasteiger partial charge is 0.508 e. The van der Waals surface area contributed by atoms with E-state index in [1.807, 2.05) is 25.1 Å². The highest BCUT2D eigenvalue weighted by Crippen LogP contribution is 2.26. The van der Waals surface area contributed by atoms with Gasteiger partial charge < -0.3 is 20.2 Å². The summed E-state index contributed by atoms with van der Waals surface area (Å²) in [5, 5.41) is 13.6. The first-order valence-corrected chi connectivity index (χ1v) is 9.80. The lowest BCUT2D eigenvalue weighted by Crippen LogP contribution is -3.15. The van der Waals surface area contributed by atoms with Crippen molar-refractivity contribution in [2.24, 2.45) is 0 Å². The third-order valence-electron chi connectivity index (χ3n) is 4.90. The Morgan fingerprint density at radius 2 is 1.85 bits per heavy atom. The van der Waals surface area contributed by atoms with Gasteiger partial charge in [0.05, 0.1) is 32.2 Å². The van der Waals surface area contributed by atoms with E-state index < -0.39 is 0 Å². The smallest absolute Gasteiger partial charge is 0.275 e. The van der Waals surface area contributed by atoms with Crippen LogP contribution in [0.25, 0.3) is 0 Å². The van der Waals surface area contributed by atoms with Crippen LogP contribution in [0.5, 0.6) is 5.75 Å². The van der Waals surface area contributed by atoms with Gasteiger partial charge in [0.1, 0.15) is 5.75 Å². The molecule has 1 amide bonds. The molecular weight excluding hydrogens is 385 g/mol. The number of carbonyl (C=O) groups excluding carboxylic acids is 1. The summed E-state index contributed by atoms with van der Waals surface area (Å²) >= 11 is 12.2. The predicted molar refractivity (Wildman–Crippen MR) is 109 cm³/mol. The van der Waals surface area contributed by atoms with E-state index in [2.05, 4.69) is 10.2 Å². The van der Waals surface area contributed by atoms with E-state index in [1.54, 1.807) is 24.3 Å². The molecule has 1 atom stereocenters. The predicted octanol–water partition coefficient (Wildman–Crippen LogP) is 2.28. The Morgan fingerprint density at radius 1 is 1.19 bits per heavy atom. The van der Waals surface area contributed by atoms with Crippen LogP contribution in [0.1, 0.15) is 18.5 Å². The molecule has 1 saturated heterocycles. The molecule has 1 aliphatic heterocycles. The molecule has 0 bridgehead atoms. The highest BCUT2D eigenvalue weighted by atomic mass is 35.5. The van der Waals surface area contributed by atoms with E-state index in [9.17, 15) is 9.90 Å². The van der Waals surface area contributed by atoms with Crippen molar-refractivity contribution < 1.29 is 14.8 Å². The summed E-state index contributed by atoms with van der Waals surface area (Å²) in [7, 11) is 0. The zero-order chi connectivity index (χ0) is 19.4. The average molecular weight is 409 g/mol. The summed E-state index contributed by atoms with van der Waals surface area (Å²) in [4.78, 5) is 16.0. The number of amides is 1. The Bertz CT molecular complexity index is 790. The first-order chi connectivity index (χ1) is 12.9. The van der Waals surface area contributed by atoms with Crippen LogP contribution in [0.15, 0.2) is 42.5 Å². The van der Waals surface area contributed by atoms with Gasteiger partial charge >= 0.3 is 0 Å². The molecule has 3 rings (SSSR count). The fraction of sp³-hybridized carbons (Fsp3) is 0.350. The van der Waals surface area contributed by atoms with Gasteiger partial charge in [-0.15, -0.1) is 0 Å². The third kappa shape index (κ3) is 5.28. The molecule has 0 unspecified atom stereocenters. The van der Waals surface area contributed by atoms with Crippen LogP contribution in [0, 0.1) is 0 Å². The molecular formula is C20H24Cl2N3O2+. The lowest BCUT2D eigenvalue weighted by molar-refractivity contribution is -0.892. The third-order valence-corrected chi connectivity index (χ3v) is 5.46. The van der Waals surface area contributed by atoms with Gasteiger partial charge in [-0.1, -0.05) is 29.3 Å². The fourth-order valence-corrected chi connectivity index (χ4v) is 3.94. The zero-order valence-electron chi connectivity index (χ0n) is 15.2. The maximum Gasteiger partial charge on any atom is 0.275 e. The van der Waals surface area contributed by atoms with Crippen LogP contribution in [0.2, 0.25) is 10.0 Å². The van der Waals surface area contributed by atoms with Crippen LogP contribution in [-0.4, -0.2) is 43.7 Å². The number of piperazine rings is 1. The fourth-order valence-electron chi connectivity index (χ4n) is 3.37. The molecule has 0 saturated carbocycles. The van der Waals surface area contributed by atoms with Crippen LogP contribution in [0.4, 0.5) is 5.69 Å². The summed E-state index contributed by atoms with van der Waals surface area (Å²) in [6.45, 7) is 5.91. The van der Waals surface area contributed by atoms with Gasteiger partial charge in [-0.25, -0.2) is 0 Å². The van der Waals surface area contributed by atoms with Gasteiger partial charge in [0.2, 0.25) is 0 Å². The first-order valence-electron chi connectivity index (χ1n) is 9.04. The summed E-state index contributed by atoms with van der Waals surface area (Å²) < 4.78 is 0. The molecule has 1 aliphatic rings. The lowest BCUT2D eigenvalue weighted by Gasteiger charge is -2.33. The van der Waals surface area contributed by atoms with Gasteiger partial charge in [0, 0.05) is 15.7 Å². The molecule has 0 radical (unpaired) electrons. The molecule has 1 heterocycles. The van der Waals surface area contributed by atoms with E-state index in [0.717, 1.165) is 37.4 Å². The minimum atomic E-state index is -0.167. The number of phenolic OH excluding ortho intramolecular Hbond substituents is 1. The molecule has 2 aromatic rings. The monoisotopic (exact) mass is 408 g/mol. The number of quaternary nitrogens is 1.